The Hall–Kier alpha value is -1.38. The average molecular weight is 649 g/mol. The van der Waals surface area contributed by atoms with Gasteiger partial charge in [0.05, 0.1) is 0 Å². The molecule has 36 heavy (non-hydrogen) atoms. The number of aromatic hydroxyl groups is 2. The van der Waals surface area contributed by atoms with E-state index in [0.717, 1.165) is 61.3 Å². The van der Waals surface area contributed by atoms with E-state index in [1.54, 1.807) is 0 Å². The quantitative estimate of drug-likeness (QED) is 0.493. The predicted octanol–water partition coefficient (Wildman–Crippen LogP) is 3.11. The second-order valence-corrected chi connectivity index (χ2v) is 13.7. The number of nitrogens with zero attached hydrogens (tertiary/aromatic N) is 2. The first-order chi connectivity index (χ1) is 16.3. The molecule has 1 saturated heterocycles. The van der Waals surface area contributed by atoms with Gasteiger partial charge >= 0.3 is 218 Å². The van der Waals surface area contributed by atoms with Crippen molar-refractivity contribution >= 4 is 12.4 Å². The first-order valence-electron chi connectivity index (χ1n) is 12.8. The number of phenols is 2. The molecule has 0 unspecified atom stereocenters. The van der Waals surface area contributed by atoms with Crippen LogP contribution in [0.4, 0.5) is 0 Å². The van der Waals surface area contributed by atoms with E-state index in [4.69, 9.17) is 0 Å². The molecule has 2 aromatic carbocycles. The van der Waals surface area contributed by atoms with Gasteiger partial charge in [0.2, 0.25) is 0 Å². The Morgan fingerprint density at radius 1 is 0.722 bits per heavy atom. The third-order valence-corrected chi connectivity index (χ3v) is 8.59. The third kappa shape index (κ3) is 6.02. The summed E-state index contributed by atoms with van der Waals surface area (Å²) in [7, 11) is 0. The van der Waals surface area contributed by atoms with Gasteiger partial charge in [0.25, 0.3) is 0 Å². The van der Waals surface area contributed by atoms with Crippen LogP contribution < -0.4 is 24.0 Å². The molecular formula is C30H42CoIN2O2+. The smallest absolute Gasteiger partial charge is 1.00 e. The molecule has 0 aromatic heterocycles. The van der Waals surface area contributed by atoms with Crippen molar-refractivity contribution in [2.75, 3.05) is 0 Å². The maximum absolute atomic E-state index is 11.2. The molecule has 2 N–H and O–H groups in total. The summed E-state index contributed by atoms with van der Waals surface area (Å²) in [6.45, 7) is 17.1. The Balaban J connectivity index is 0.00000361. The Morgan fingerprint density at radius 3 is 1.42 bits per heavy atom. The van der Waals surface area contributed by atoms with Gasteiger partial charge in [-0.05, 0) is 0 Å². The van der Waals surface area contributed by atoms with Crippen LogP contribution in [0, 0.1) is 13.8 Å². The number of aryl methyl sites for hydroxylation is 2. The minimum atomic E-state index is -0.123. The first-order valence-corrected chi connectivity index (χ1v) is 13.7. The number of halogens is 1. The number of rotatable bonds is 2. The van der Waals surface area contributed by atoms with Gasteiger partial charge < -0.3 is 24.0 Å². The molecule has 4 nitrogen and oxygen atoms in total. The Kier molecular flexibility index (Phi) is 8.73. The van der Waals surface area contributed by atoms with Gasteiger partial charge in [0.1, 0.15) is 0 Å². The summed E-state index contributed by atoms with van der Waals surface area (Å²) >= 11 is 1.11. The van der Waals surface area contributed by atoms with Crippen molar-refractivity contribution in [3.63, 3.8) is 0 Å². The molecule has 1 aliphatic heterocycles. The molecule has 2 aromatic rings. The van der Waals surface area contributed by atoms with Gasteiger partial charge in [-0.2, -0.15) is 0 Å². The fourth-order valence-electron chi connectivity index (χ4n) is 5.27. The largest absolute Gasteiger partial charge is 1.00 e. The second kappa shape index (κ2) is 10.8. The fourth-order valence-corrected chi connectivity index (χ4v) is 6.89. The molecule has 1 heterocycles. The van der Waals surface area contributed by atoms with Gasteiger partial charge in [0, 0.05) is 0 Å². The van der Waals surface area contributed by atoms with Crippen molar-refractivity contribution < 1.29 is 56.6 Å². The van der Waals surface area contributed by atoms with Crippen molar-refractivity contribution in [2.24, 2.45) is 0 Å². The zero-order valence-electron chi connectivity index (χ0n) is 22.9. The number of hydrogen-bond acceptors (Lipinski definition) is 2. The number of phenolic OH excluding ortho intramolecular Hbond substituents is 2. The summed E-state index contributed by atoms with van der Waals surface area (Å²) in [5.74, 6) is 0.775. The van der Waals surface area contributed by atoms with Crippen LogP contribution >= 0.6 is 0 Å². The van der Waals surface area contributed by atoms with Crippen molar-refractivity contribution in [3.8, 4) is 11.5 Å². The summed E-state index contributed by atoms with van der Waals surface area (Å²) in [5.41, 5.74) is 5.84. The minimum absolute atomic E-state index is 0. The number of fused-ring (bicyclic) bond motifs is 1. The zero-order chi connectivity index (χ0) is 25.7. The maximum atomic E-state index is 11.2. The molecule has 2 fully saturated rings. The monoisotopic (exact) mass is 648 g/mol. The molecular weight excluding hydrogens is 606 g/mol. The van der Waals surface area contributed by atoms with Gasteiger partial charge in [-0.25, -0.2) is 0 Å². The van der Waals surface area contributed by atoms with E-state index >= 15 is 0 Å². The topological polar surface area (TPSA) is 46.5 Å². The van der Waals surface area contributed by atoms with E-state index in [2.05, 4.69) is 99.3 Å². The van der Waals surface area contributed by atoms with Crippen molar-refractivity contribution in [3.05, 3.63) is 57.6 Å². The fraction of sp³-hybridized carbons (Fsp3) is 0.533. The summed E-state index contributed by atoms with van der Waals surface area (Å²) < 4.78 is 4.77. The molecule has 4 rings (SSSR count). The number of hydrogen-bond donors (Lipinski definition) is 2. The van der Waals surface area contributed by atoms with Crippen LogP contribution in [0.5, 0.6) is 11.5 Å². The zero-order valence-corrected chi connectivity index (χ0v) is 26.1. The van der Waals surface area contributed by atoms with E-state index in [1.165, 1.54) is 12.8 Å². The summed E-state index contributed by atoms with van der Waals surface area (Å²) in [4.78, 5) is 0. The Morgan fingerprint density at radius 2 is 1.08 bits per heavy atom. The molecule has 2 aliphatic rings. The van der Waals surface area contributed by atoms with E-state index in [0.29, 0.717) is 23.6 Å². The van der Waals surface area contributed by atoms with Crippen molar-refractivity contribution in [1.29, 1.82) is 0 Å². The summed E-state index contributed by atoms with van der Waals surface area (Å²) in [5, 5.41) is 22.3. The standard InChI is InChI=1S/C30H42N2O2.Co.HI/c1-19-13-21(27(33)23(15-19)29(3,4)5)17-31-25-11-9-10-12-26(25)32-18-22-14-20(2)16-24(28(22)34)30(6,7)8;;/h13-18,25-26,33-34H,9-12H2,1-8H3;;1H/q;+2;/p-1/t25-,26-;;/m1../s1. The van der Waals surface area contributed by atoms with Gasteiger partial charge in [-0.15, -0.1) is 0 Å². The molecule has 2 atom stereocenters. The van der Waals surface area contributed by atoms with Crippen LogP contribution in [0.1, 0.15) is 101 Å². The molecule has 0 spiro atoms. The van der Waals surface area contributed by atoms with Crippen molar-refractivity contribution in [1.82, 2.24) is 0 Å². The van der Waals surface area contributed by atoms with E-state index in [1.807, 2.05) is 0 Å². The van der Waals surface area contributed by atoms with Crippen LogP contribution in [0.3, 0.4) is 0 Å². The van der Waals surface area contributed by atoms with Crippen LogP contribution in [-0.4, -0.2) is 42.0 Å². The Labute approximate surface area is 241 Å². The van der Waals surface area contributed by atoms with Gasteiger partial charge in [0.15, 0.2) is 0 Å². The third-order valence-electron chi connectivity index (χ3n) is 7.15. The molecule has 1 saturated carbocycles. The average Bonchev–Trinajstić information content (AvgIpc) is 3.08. The van der Waals surface area contributed by atoms with E-state index in [-0.39, 0.29) is 34.8 Å². The predicted molar refractivity (Wildman–Crippen MR) is 140 cm³/mol. The Bertz CT molecular complexity index is 1110. The minimum Gasteiger partial charge on any atom is -1.00 e. The van der Waals surface area contributed by atoms with Crippen LogP contribution in [0.25, 0.3) is 0 Å². The van der Waals surface area contributed by atoms with Gasteiger partial charge in [-0.1, -0.05) is 0 Å². The van der Waals surface area contributed by atoms with Crippen LogP contribution in [0.15, 0.2) is 24.3 Å². The molecule has 6 heteroatoms. The first kappa shape index (κ1) is 29.2. The van der Waals surface area contributed by atoms with Crippen molar-refractivity contribution in [2.45, 2.75) is 104 Å². The summed E-state index contributed by atoms with van der Waals surface area (Å²) in [6, 6.07) is 9.17. The normalized spacial score (nSPS) is 22.8. The summed E-state index contributed by atoms with van der Waals surface area (Å²) in [6.07, 6.45) is 9.05. The SMILES string of the molecule is Cc1cc(C=[N+]2[Co][N+](=Cc3cc(C)cc(C(C)(C)C)c3O)[C@@H]3CCCC[C@H]32)c(O)c(C(C)(C)C)c1.[I-]. The maximum Gasteiger partial charge on any atom is -1.00 e. The molecule has 0 bridgehead atoms. The van der Waals surface area contributed by atoms with Crippen LogP contribution in [0.2, 0.25) is 0 Å². The molecule has 0 radical (unpaired) electrons. The van der Waals surface area contributed by atoms with Crippen LogP contribution in [-0.2, 0) is 26.0 Å². The van der Waals surface area contributed by atoms with Gasteiger partial charge in [-0.3, -0.25) is 0 Å². The van der Waals surface area contributed by atoms with E-state index < -0.39 is 0 Å². The molecule has 1 aliphatic carbocycles. The second-order valence-electron chi connectivity index (χ2n) is 12.4. The van der Waals surface area contributed by atoms with E-state index in [9.17, 15) is 10.2 Å². The molecule has 0 amide bonds. The molecule has 199 valence electrons. The number of benzene rings is 2.